The van der Waals surface area contributed by atoms with Crippen molar-refractivity contribution in [3.05, 3.63) is 55.4 Å². The van der Waals surface area contributed by atoms with Gasteiger partial charge in [0.05, 0.1) is 16.4 Å². The van der Waals surface area contributed by atoms with Crippen molar-refractivity contribution in [2.45, 2.75) is 6.54 Å². The molecule has 0 saturated heterocycles. The van der Waals surface area contributed by atoms with Crippen LogP contribution in [0.25, 0.3) is 11.2 Å². The van der Waals surface area contributed by atoms with Gasteiger partial charge in [-0.2, -0.15) is 0 Å². The number of fused-ring (bicyclic) bond motifs is 1. The smallest absolute Gasteiger partial charge is 0.332 e. The number of nitrogens with zero attached hydrogens (tertiary/aromatic N) is 4. The molecular weight excluding hydrogens is 371 g/mol. The molecule has 2 heterocycles. The van der Waals surface area contributed by atoms with Crippen molar-refractivity contribution in [3.8, 4) is 5.75 Å². The predicted octanol–water partition coefficient (Wildman–Crippen LogP) is 1.35. The fourth-order valence-electron chi connectivity index (χ4n) is 2.36. The molecule has 3 aromatic rings. The molecular formula is C15H12Cl2N4O4. The molecule has 1 aromatic carbocycles. The average molecular weight is 383 g/mol. The van der Waals surface area contributed by atoms with Crippen LogP contribution in [0.2, 0.25) is 10.0 Å². The zero-order valence-corrected chi connectivity index (χ0v) is 14.7. The number of benzene rings is 1. The van der Waals surface area contributed by atoms with E-state index in [0.29, 0.717) is 5.02 Å². The summed E-state index contributed by atoms with van der Waals surface area (Å²) in [4.78, 5) is 40.4. The van der Waals surface area contributed by atoms with Crippen molar-refractivity contribution >= 4 is 40.3 Å². The Balaban J connectivity index is 1.93. The van der Waals surface area contributed by atoms with E-state index >= 15 is 0 Å². The summed E-state index contributed by atoms with van der Waals surface area (Å²) in [6.07, 6.45) is 1.31. The molecule has 0 aliphatic heterocycles. The fourth-order valence-corrected chi connectivity index (χ4v) is 2.65. The number of carbonyl (C=O) groups is 1. The maximum absolute atomic E-state index is 12.3. The Morgan fingerprint density at radius 3 is 2.56 bits per heavy atom. The zero-order valence-electron chi connectivity index (χ0n) is 13.2. The number of carbonyl (C=O) groups excluding carboxylic acids is 1. The molecule has 0 aliphatic carbocycles. The highest BCUT2D eigenvalue weighted by Crippen LogP contribution is 2.26. The minimum Gasteiger partial charge on any atom is -0.425 e. The molecule has 0 aliphatic rings. The van der Waals surface area contributed by atoms with E-state index in [-0.39, 0.29) is 28.5 Å². The Morgan fingerprint density at radius 1 is 1.16 bits per heavy atom. The molecule has 0 spiro atoms. The summed E-state index contributed by atoms with van der Waals surface area (Å²) in [6, 6.07) is 4.42. The Hall–Kier alpha value is -2.58. The summed E-state index contributed by atoms with van der Waals surface area (Å²) < 4.78 is 8.70. The maximum Gasteiger partial charge on any atom is 0.332 e. The molecule has 0 fully saturated rings. The summed E-state index contributed by atoms with van der Waals surface area (Å²) in [5, 5.41) is 0.593. The first-order valence-electron chi connectivity index (χ1n) is 7.06. The van der Waals surface area contributed by atoms with Crippen LogP contribution in [0.3, 0.4) is 0 Å². The lowest BCUT2D eigenvalue weighted by Gasteiger charge is -2.08. The van der Waals surface area contributed by atoms with Crippen molar-refractivity contribution in [1.82, 2.24) is 18.7 Å². The van der Waals surface area contributed by atoms with Crippen molar-refractivity contribution in [1.29, 1.82) is 0 Å². The molecule has 0 amide bonds. The van der Waals surface area contributed by atoms with Crippen LogP contribution in [0.15, 0.2) is 34.1 Å². The highest BCUT2D eigenvalue weighted by molar-refractivity contribution is 6.42. The van der Waals surface area contributed by atoms with E-state index in [1.54, 1.807) is 0 Å². The number of imidazole rings is 1. The SMILES string of the molecule is Cn1c(=O)c2c(ncn2CC(=O)Oc2ccc(Cl)c(Cl)c2)n(C)c1=O. The Morgan fingerprint density at radius 2 is 1.88 bits per heavy atom. The van der Waals surface area contributed by atoms with Gasteiger partial charge in [0.2, 0.25) is 0 Å². The quantitative estimate of drug-likeness (QED) is 0.503. The van der Waals surface area contributed by atoms with Crippen LogP contribution in [0.5, 0.6) is 5.75 Å². The third-order valence-electron chi connectivity index (χ3n) is 3.64. The lowest BCUT2D eigenvalue weighted by molar-refractivity contribution is -0.135. The van der Waals surface area contributed by atoms with Crippen LogP contribution in [0.1, 0.15) is 0 Å². The molecule has 130 valence electrons. The van der Waals surface area contributed by atoms with Crippen LogP contribution < -0.4 is 16.0 Å². The van der Waals surface area contributed by atoms with E-state index in [9.17, 15) is 14.4 Å². The second kappa shape index (κ2) is 6.38. The van der Waals surface area contributed by atoms with E-state index in [0.717, 1.165) is 4.57 Å². The van der Waals surface area contributed by atoms with Crippen LogP contribution >= 0.6 is 23.2 Å². The Bertz CT molecular complexity index is 1110. The third-order valence-corrected chi connectivity index (χ3v) is 4.38. The van der Waals surface area contributed by atoms with Crippen molar-refractivity contribution in [2.24, 2.45) is 14.1 Å². The van der Waals surface area contributed by atoms with E-state index in [4.69, 9.17) is 27.9 Å². The standard InChI is InChI=1S/C15H12Cl2N4O4/c1-19-13-12(14(23)20(2)15(19)24)21(7-18-13)6-11(22)25-8-3-4-9(16)10(17)5-8/h3-5,7H,6H2,1-2H3. The number of rotatable bonds is 3. The number of hydrogen-bond acceptors (Lipinski definition) is 5. The van der Waals surface area contributed by atoms with Crippen molar-refractivity contribution in [3.63, 3.8) is 0 Å². The first kappa shape index (κ1) is 17.2. The van der Waals surface area contributed by atoms with Gasteiger partial charge in [0.25, 0.3) is 5.56 Å². The van der Waals surface area contributed by atoms with Crippen LogP contribution in [0.4, 0.5) is 0 Å². The summed E-state index contributed by atoms with van der Waals surface area (Å²) in [6.45, 7) is -0.260. The van der Waals surface area contributed by atoms with E-state index in [2.05, 4.69) is 4.98 Å². The third kappa shape index (κ3) is 3.06. The molecule has 2 aromatic heterocycles. The molecule has 0 bridgehead atoms. The molecule has 25 heavy (non-hydrogen) atoms. The van der Waals surface area contributed by atoms with Gasteiger partial charge in [0, 0.05) is 20.2 Å². The van der Waals surface area contributed by atoms with Gasteiger partial charge in [-0.1, -0.05) is 23.2 Å². The Labute approximate surface area is 150 Å². The van der Waals surface area contributed by atoms with Gasteiger partial charge in [-0.05, 0) is 12.1 Å². The second-order valence-corrected chi connectivity index (χ2v) is 6.11. The summed E-state index contributed by atoms with van der Waals surface area (Å²) in [5.41, 5.74) is -0.717. The van der Waals surface area contributed by atoms with Gasteiger partial charge >= 0.3 is 11.7 Å². The minimum absolute atomic E-state index is 0.135. The molecule has 0 atom stereocenters. The summed E-state index contributed by atoms with van der Waals surface area (Å²) in [7, 11) is 2.85. The highest BCUT2D eigenvalue weighted by Gasteiger charge is 2.17. The topological polar surface area (TPSA) is 88.1 Å². The highest BCUT2D eigenvalue weighted by atomic mass is 35.5. The minimum atomic E-state index is -0.631. The zero-order chi connectivity index (χ0) is 18.3. The molecule has 0 unspecified atom stereocenters. The monoisotopic (exact) mass is 382 g/mol. The predicted molar refractivity (Wildman–Crippen MR) is 92.3 cm³/mol. The second-order valence-electron chi connectivity index (χ2n) is 5.30. The lowest BCUT2D eigenvalue weighted by atomic mass is 10.3. The molecule has 0 radical (unpaired) electrons. The molecule has 0 N–H and O–H groups in total. The number of halogens is 2. The number of ether oxygens (including phenoxy) is 1. The number of hydrogen-bond donors (Lipinski definition) is 0. The van der Waals surface area contributed by atoms with Gasteiger partial charge in [-0.15, -0.1) is 0 Å². The largest absolute Gasteiger partial charge is 0.425 e. The van der Waals surface area contributed by atoms with E-state index in [1.165, 1.54) is 47.8 Å². The lowest BCUT2D eigenvalue weighted by Crippen LogP contribution is -2.37. The van der Waals surface area contributed by atoms with E-state index in [1.807, 2.05) is 0 Å². The Kier molecular flexibility index (Phi) is 4.40. The van der Waals surface area contributed by atoms with Gasteiger partial charge in [0.15, 0.2) is 11.2 Å². The number of aromatic nitrogens is 4. The molecule has 8 nitrogen and oxygen atoms in total. The number of esters is 1. The van der Waals surface area contributed by atoms with Crippen LogP contribution in [-0.2, 0) is 25.4 Å². The first-order valence-corrected chi connectivity index (χ1v) is 7.81. The molecule has 10 heteroatoms. The average Bonchev–Trinajstić information content (AvgIpc) is 2.98. The normalized spacial score (nSPS) is 11.0. The van der Waals surface area contributed by atoms with Gasteiger partial charge in [-0.25, -0.2) is 14.6 Å². The first-order chi connectivity index (χ1) is 11.8. The van der Waals surface area contributed by atoms with Crippen LogP contribution in [-0.4, -0.2) is 24.7 Å². The van der Waals surface area contributed by atoms with E-state index < -0.39 is 17.2 Å². The maximum atomic E-state index is 12.3. The molecule has 0 saturated carbocycles. The summed E-state index contributed by atoms with van der Waals surface area (Å²) >= 11 is 11.7. The van der Waals surface area contributed by atoms with Crippen molar-refractivity contribution in [2.75, 3.05) is 0 Å². The van der Waals surface area contributed by atoms with Crippen molar-refractivity contribution < 1.29 is 9.53 Å². The summed E-state index contributed by atoms with van der Waals surface area (Å²) in [5.74, 6) is -0.405. The molecule has 3 rings (SSSR count). The van der Waals surface area contributed by atoms with Gasteiger partial charge in [-0.3, -0.25) is 13.9 Å². The van der Waals surface area contributed by atoms with Gasteiger partial charge < -0.3 is 9.30 Å². The number of aryl methyl sites for hydroxylation is 1. The van der Waals surface area contributed by atoms with Crippen LogP contribution in [0, 0.1) is 0 Å². The fraction of sp³-hybridized carbons (Fsp3) is 0.200. The van der Waals surface area contributed by atoms with Gasteiger partial charge in [0.1, 0.15) is 12.3 Å².